The lowest BCUT2D eigenvalue weighted by Crippen LogP contribution is -1.97. The van der Waals surface area contributed by atoms with Crippen molar-refractivity contribution in [2.75, 3.05) is 0 Å². The van der Waals surface area contributed by atoms with Crippen molar-refractivity contribution in [3.05, 3.63) is 74.6 Å². The van der Waals surface area contributed by atoms with Crippen LogP contribution in [0.4, 0.5) is 17.1 Å². The molecule has 0 radical (unpaired) electrons. The average molecular weight is 353 g/mol. The van der Waals surface area contributed by atoms with Crippen LogP contribution in [0.5, 0.6) is 0 Å². The number of hydrogen-bond acceptors (Lipinski definition) is 6. The van der Waals surface area contributed by atoms with Gasteiger partial charge in [-0.2, -0.15) is 0 Å². The lowest BCUT2D eigenvalue weighted by molar-refractivity contribution is -0.384. The van der Waals surface area contributed by atoms with Crippen LogP contribution in [0.3, 0.4) is 0 Å². The first-order valence-corrected chi connectivity index (χ1v) is 7.27. The Morgan fingerprint density at radius 1 is 1.04 bits per heavy atom. The molecule has 1 heterocycles. The van der Waals surface area contributed by atoms with Gasteiger partial charge in [-0.05, 0) is 24.3 Å². The maximum absolute atomic E-state index is 12.0. The van der Waals surface area contributed by atoms with E-state index < -0.39 is 16.5 Å². The summed E-state index contributed by atoms with van der Waals surface area (Å²) in [6.07, 6.45) is 0. The van der Waals surface area contributed by atoms with E-state index in [1.54, 1.807) is 12.1 Å². The van der Waals surface area contributed by atoms with E-state index in [0.29, 0.717) is 5.56 Å². The molecule has 0 saturated heterocycles. The van der Waals surface area contributed by atoms with E-state index in [4.69, 9.17) is 5.11 Å². The van der Waals surface area contributed by atoms with E-state index in [9.17, 15) is 19.7 Å². The Balaban J connectivity index is 2.00. The first-order valence-electron chi connectivity index (χ1n) is 7.27. The Kier molecular flexibility index (Phi) is 4.39. The fraction of sp³-hybridized carbons (Fsp3) is 0. The monoisotopic (exact) mass is 353 g/mol. The molecule has 10 heteroatoms. The largest absolute Gasteiger partial charge is 0.478 e. The SMILES string of the molecule is O=C(O)c1ccccc1N=Nc1c(-c2ccc([N+](=O)[O-])cc2)[nH][nH]c1=O. The smallest absolute Gasteiger partial charge is 0.337 e. The van der Waals surface area contributed by atoms with Crippen molar-refractivity contribution in [1.29, 1.82) is 0 Å². The molecule has 3 rings (SSSR count). The van der Waals surface area contributed by atoms with Gasteiger partial charge >= 0.3 is 5.97 Å². The second-order valence-electron chi connectivity index (χ2n) is 5.13. The molecule has 0 saturated carbocycles. The van der Waals surface area contributed by atoms with Gasteiger partial charge in [0.15, 0.2) is 5.69 Å². The van der Waals surface area contributed by atoms with Crippen molar-refractivity contribution < 1.29 is 14.8 Å². The van der Waals surface area contributed by atoms with E-state index >= 15 is 0 Å². The van der Waals surface area contributed by atoms with E-state index in [1.165, 1.54) is 36.4 Å². The van der Waals surface area contributed by atoms with Crippen molar-refractivity contribution >= 4 is 23.0 Å². The Labute approximate surface area is 145 Å². The summed E-state index contributed by atoms with van der Waals surface area (Å²) < 4.78 is 0. The summed E-state index contributed by atoms with van der Waals surface area (Å²) in [5, 5.41) is 32.6. The molecule has 130 valence electrons. The number of azo groups is 1. The number of carboxylic acid groups (broad SMARTS) is 1. The van der Waals surface area contributed by atoms with Crippen molar-refractivity contribution in [3.63, 3.8) is 0 Å². The van der Waals surface area contributed by atoms with Gasteiger partial charge < -0.3 is 5.11 Å². The fourth-order valence-electron chi connectivity index (χ4n) is 2.25. The Bertz CT molecular complexity index is 1070. The zero-order chi connectivity index (χ0) is 18.7. The van der Waals surface area contributed by atoms with Crippen LogP contribution in [0, 0.1) is 10.1 Å². The number of non-ortho nitro benzene ring substituents is 1. The minimum Gasteiger partial charge on any atom is -0.478 e. The van der Waals surface area contributed by atoms with Crippen molar-refractivity contribution in [3.8, 4) is 11.3 Å². The number of nitrogens with one attached hydrogen (secondary N) is 2. The number of nitrogens with zero attached hydrogens (tertiary/aromatic N) is 3. The van der Waals surface area contributed by atoms with Crippen LogP contribution in [0.25, 0.3) is 11.3 Å². The molecule has 0 fully saturated rings. The Hall–Kier alpha value is -4.08. The number of aromatic carboxylic acids is 1. The van der Waals surface area contributed by atoms with Gasteiger partial charge in [-0.15, -0.1) is 10.2 Å². The molecule has 0 aliphatic rings. The third kappa shape index (κ3) is 3.24. The lowest BCUT2D eigenvalue weighted by atomic mass is 10.1. The van der Waals surface area contributed by atoms with Crippen LogP contribution in [-0.2, 0) is 0 Å². The van der Waals surface area contributed by atoms with E-state index in [2.05, 4.69) is 20.4 Å². The number of benzene rings is 2. The number of hydrogen-bond donors (Lipinski definition) is 3. The number of nitro groups is 1. The Morgan fingerprint density at radius 2 is 1.73 bits per heavy atom. The Morgan fingerprint density at radius 3 is 2.38 bits per heavy atom. The number of carboxylic acids is 1. The fourth-order valence-corrected chi connectivity index (χ4v) is 2.25. The lowest BCUT2D eigenvalue weighted by Gasteiger charge is -2.00. The molecule has 0 aliphatic heterocycles. The summed E-state index contributed by atoms with van der Waals surface area (Å²) in [7, 11) is 0. The van der Waals surface area contributed by atoms with Gasteiger partial charge in [0.1, 0.15) is 5.69 Å². The average Bonchev–Trinajstić information content (AvgIpc) is 3.00. The molecule has 0 bridgehead atoms. The van der Waals surface area contributed by atoms with Crippen molar-refractivity contribution in [2.24, 2.45) is 10.2 Å². The molecular weight excluding hydrogens is 342 g/mol. The molecule has 26 heavy (non-hydrogen) atoms. The maximum Gasteiger partial charge on any atom is 0.337 e. The molecule has 10 nitrogen and oxygen atoms in total. The molecule has 0 unspecified atom stereocenters. The zero-order valence-electron chi connectivity index (χ0n) is 13.0. The van der Waals surface area contributed by atoms with Crippen LogP contribution in [0.1, 0.15) is 10.4 Å². The molecule has 3 N–H and O–H groups in total. The standard InChI is InChI=1S/C16H11N5O5/c22-15-14(19-17-12-4-2-1-3-11(12)16(23)24)13(18-20-15)9-5-7-10(8-6-9)21(25)26/h1-8H,(H,23,24)(H2,18,20,22). The number of aromatic nitrogens is 2. The predicted octanol–water partition coefficient (Wildman–Crippen LogP) is 3.39. The van der Waals surface area contributed by atoms with Crippen molar-refractivity contribution in [1.82, 2.24) is 10.2 Å². The van der Waals surface area contributed by atoms with E-state index in [0.717, 1.165) is 0 Å². The van der Waals surface area contributed by atoms with E-state index in [1.807, 2.05) is 0 Å². The summed E-state index contributed by atoms with van der Waals surface area (Å²) >= 11 is 0. The summed E-state index contributed by atoms with van der Waals surface area (Å²) in [4.78, 5) is 33.3. The van der Waals surface area contributed by atoms with Gasteiger partial charge in [0.05, 0.1) is 16.2 Å². The highest BCUT2D eigenvalue weighted by molar-refractivity contribution is 5.93. The third-order valence-corrected chi connectivity index (χ3v) is 3.51. The predicted molar refractivity (Wildman–Crippen MR) is 91.1 cm³/mol. The number of rotatable bonds is 5. The normalized spacial score (nSPS) is 10.9. The van der Waals surface area contributed by atoms with Gasteiger partial charge in [0.25, 0.3) is 11.2 Å². The summed E-state index contributed by atoms with van der Waals surface area (Å²) in [6.45, 7) is 0. The van der Waals surface area contributed by atoms with Crippen molar-refractivity contribution in [2.45, 2.75) is 0 Å². The minimum absolute atomic E-state index is 0.0555. The zero-order valence-corrected chi connectivity index (χ0v) is 13.0. The second kappa shape index (κ2) is 6.81. The first-order chi connectivity index (χ1) is 12.5. The quantitative estimate of drug-likeness (QED) is 0.364. The molecule has 2 aromatic carbocycles. The second-order valence-corrected chi connectivity index (χ2v) is 5.13. The van der Waals surface area contributed by atoms with Crippen LogP contribution in [-0.4, -0.2) is 26.2 Å². The number of H-pyrrole nitrogens is 2. The molecule has 0 amide bonds. The van der Waals surface area contributed by atoms with Crippen LogP contribution in [0.15, 0.2) is 63.6 Å². The van der Waals surface area contributed by atoms with Crippen LogP contribution < -0.4 is 5.56 Å². The summed E-state index contributed by atoms with van der Waals surface area (Å²) in [6, 6.07) is 11.5. The van der Waals surface area contributed by atoms with Gasteiger partial charge in [-0.25, -0.2) is 4.79 Å². The van der Waals surface area contributed by atoms with Gasteiger partial charge in [0.2, 0.25) is 0 Å². The molecule has 0 atom stereocenters. The minimum atomic E-state index is -1.17. The summed E-state index contributed by atoms with van der Waals surface area (Å²) in [5.74, 6) is -1.17. The molecule has 3 aromatic rings. The topological polar surface area (TPSA) is 154 Å². The highest BCUT2D eigenvalue weighted by Gasteiger charge is 2.14. The third-order valence-electron chi connectivity index (χ3n) is 3.51. The maximum atomic E-state index is 12.0. The highest BCUT2D eigenvalue weighted by atomic mass is 16.6. The highest BCUT2D eigenvalue weighted by Crippen LogP contribution is 2.28. The number of nitro benzene ring substituents is 1. The number of carbonyl (C=O) groups is 1. The molecule has 0 aliphatic carbocycles. The summed E-state index contributed by atoms with van der Waals surface area (Å²) in [5.41, 5.74) is 0.0744. The molecular formula is C16H11N5O5. The first kappa shape index (κ1) is 16.8. The van der Waals surface area contributed by atoms with Crippen LogP contribution in [0.2, 0.25) is 0 Å². The van der Waals surface area contributed by atoms with E-state index in [-0.39, 0.29) is 28.3 Å². The van der Waals surface area contributed by atoms with Gasteiger partial charge in [-0.3, -0.25) is 25.1 Å². The number of aromatic amines is 2. The van der Waals surface area contributed by atoms with Gasteiger partial charge in [0, 0.05) is 17.7 Å². The van der Waals surface area contributed by atoms with Gasteiger partial charge in [-0.1, -0.05) is 12.1 Å². The molecule has 0 spiro atoms. The molecule has 1 aromatic heterocycles. The van der Waals surface area contributed by atoms with Crippen LogP contribution >= 0.6 is 0 Å².